The van der Waals surface area contributed by atoms with Crippen molar-refractivity contribution >= 4 is 0 Å². The summed E-state index contributed by atoms with van der Waals surface area (Å²) in [6.45, 7) is 8.81. The van der Waals surface area contributed by atoms with Crippen molar-refractivity contribution in [3.8, 4) is 0 Å². The van der Waals surface area contributed by atoms with E-state index in [-0.39, 0.29) is 5.54 Å². The van der Waals surface area contributed by atoms with Crippen LogP contribution in [0, 0.1) is 0 Å². The molecule has 96 valence electrons. The Morgan fingerprint density at radius 3 is 2.94 bits per heavy atom. The van der Waals surface area contributed by atoms with Gasteiger partial charge in [-0.2, -0.15) is 0 Å². The lowest BCUT2D eigenvalue weighted by Gasteiger charge is -2.38. The third-order valence-electron chi connectivity index (χ3n) is 3.69. The van der Waals surface area contributed by atoms with Crippen LogP contribution in [0.5, 0.6) is 0 Å². The molecule has 3 nitrogen and oxygen atoms in total. The molecular formula is C14H24N2O. The first-order valence-electron chi connectivity index (χ1n) is 6.72. The van der Waals surface area contributed by atoms with Crippen molar-refractivity contribution in [2.75, 3.05) is 19.6 Å². The fourth-order valence-corrected chi connectivity index (χ4v) is 2.65. The second kappa shape index (κ2) is 5.69. The standard InChI is InChI=1S/C14H24N2O/c1-3-16(11-13-7-6-10-17-13)12-14(2)8-4-5-9-15-14/h6-7,10,15H,3-5,8-9,11-12H2,1-2H3. The lowest BCUT2D eigenvalue weighted by Crippen LogP contribution is -2.53. The minimum absolute atomic E-state index is 0.279. The van der Waals surface area contributed by atoms with Crippen LogP contribution in [-0.2, 0) is 6.54 Å². The van der Waals surface area contributed by atoms with Crippen molar-refractivity contribution in [1.82, 2.24) is 10.2 Å². The van der Waals surface area contributed by atoms with Crippen molar-refractivity contribution in [3.05, 3.63) is 24.2 Å². The van der Waals surface area contributed by atoms with E-state index in [1.807, 2.05) is 6.07 Å². The van der Waals surface area contributed by atoms with E-state index >= 15 is 0 Å². The number of rotatable bonds is 5. The summed E-state index contributed by atoms with van der Waals surface area (Å²) in [7, 11) is 0. The maximum Gasteiger partial charge on any atom is 0.117 e. The number of piperidine rings is 1. The molecule has 1 atom stereocenters. The average molecular weight is 236 g/mol. The molecule has 17 heavy (non-hydrogen) atoms. The van der Waals surface area contributed by atoms with Gasteiger partial charge < -0.3 is 9.73 Å². The smallest absolute Gasteiger partial charge is 0.117 e. The Bertz CT molecular complexity index is 315. The molecule has 0 spiro atoms. The van der Waals surface area contributed by atoms with Gasteiger partial charge in [-0.1, -0.05) is 13.3 Å². The Hall–Kier alpha value is -0.800. The van der Waals surface area contributed by atoms with Crippen molar-refractivity contribution in [3.63, 3.8) is 0 Å². The van der Waals surface area contributed by atoms with Crippen molar-refractivity contribution in [2.45, 2.75) is 45.2 Å². The first-order chi connectivity index (χ1) is 8.22. The van der Waals surface area contributed by atoms with E-state index in [2.05, 4.69) is 30.1 Å². The maximum atomic E-state index is 5.43. The molecule has 1 aliphatic heterocycles. The minimum Gasteiger partial charge on any atom is -0.468 e. The SMILES string of the molecule is CCN(Cc1ccco1)CC1(C)CCCCN1. The Morgan fingerprint density at radius 2 is 2.35 bits per heavy atom. The Balaban J connectivity index is 1.90. The Labute approximate surface area is 104 Å². The summed E-state index contributed by atoms with van der Waals surface area (Å²) in [5, 5.41) is 3.67. The normalized spacial score (nSPS) is 25.4. The first-order valence-corrected chi connectivity index (χ1v) is 6.72. The Kier molecular flexibility index (Phi) is 4.24. The molecule has 3 heteroatoms. The molecule has 1 N–H and O–H groups in total. The van der Waals surface area contributed by atoms with E-state index in [9.17, 15) is 0 Å². The van der Waals surface area contributed by atoms with Crippen LogP contribution in [0.3, 0.4) is 0 Å². The molecule has 0 aliphatic carbocycles. The van der Waals surface area contributed by atoms with E-state index in [1.165, 1.54) is 19.3 Å². The van der Waals surface area contributed by atoms with Gasteiger partial charge in [-0.15, -0.1) is 0 Å². The summed E-state index contributed by atoms with van der Waals surface area (Å²) in [5.41, 5.74) is 0.279. The van der Waals surface area contributed by atoms with Gasteiger partial charge in [0.1, 0.15) is 5.76 Å². The molecule has 1 saturated heterocycles. The second-order valence-corrected chi connectivity index (χ2v) is 5.33. The highest BCUT2D eigenvalue weighted by molar-refractivity contribution is 4.99. The molecule has 1 aromatic rings. The van der Waals surface area contributed by atoms with E-state index in [4.69, 9.17) is 4.42 Å². The topological polar surface area (TPSA) is 28.4 Å². The van der Waals surface area contributed by atoms with E-state index in [0.717, 1.165) is 31.9 Å². The zero-order chi connectivity index (χ0) is 12.1. The summed E-state index contributed by atoms with van der Waals surface area (Å²) in [6, 6.07) is 4.02. The largest absolute Gasteiger partial charge is 0.468 e. The lowest BCUT2D eigenvalue weighted by atomic mass is 9.90. The van der Waals surface area contributed by atoms with Crippen LogP contribution in [0.2, 0.25) is 0 Å². The third kappa shape index (κ3) is 3.58. The number of nitrogens with one attached hydrogen (secondary N) is 1. The van der Waals surface area contributed by atoms with Crippen LogP contribution in [0.15, 0.2) is 22.8 Å². The number of hydrogen-bond acceptors (Lipinski definition) is 3. The van der Waals surface area contributed by atoms with E-state index in [1.54, 1.807) is 6.26 Å². The van der Waals surface area contributed by atoms with Crippen LogP contribution < -0.4 is 5.32 Å². The lowest BCUT2D eigenvalue weighted by molar-refractivity contribution is 0.156. The minimum atomic E-state index is 0.279. The van der Waals surface area contributed by atoms with Crippen molar-refractivity contribution in [2.24, 2.45) is 0 Å². The zero-order valence-electron chi connectivity index (χ0n) is 11.0. The summed E-state index contributed by atoms with van der Waals surface area (Å²) >= 11 is 0. The quantitative estimate of drug-likeness (QED) is 0.852. The fourth-order valence-electron chi connectivity index (χ4n) is 2.65. The molecule has 0 amide bonds. The number of likely N-dealkylation sites (N-methyl/N-ethyl adjacent to an activating group) is 1. The first kappa shape index (κ1) is 12.7. The van der Waals surface area contributed by atoms with Gasteiger partial charge in [0.25, 0.3) is 0 Å². The van der Waals surface area contributed by atoms with Gasteiger partial charge in [0.15, 0.2) is 0 Å². The third-order valence-corrected chi connectivity index (χ3v) is 3.69. The van der Waals surface area contributed by atoms with E-state index in [0.29, 0.717) is 0 Å². The predicted octanol–water partition coefficient (Wildman–Crippen LogP) is 2.63. The number of nitrogens with zero attached hydrogens (tertiary/aromatic N) is 1. The summed E-state index contributed by atoms with van der Waals surface area (Å²) in [4.78, 5) is 2.46. The van der Waals surface area contributed by atoms with Crippen LogP contribution in [0.1, 0.15) is 38.9 Å². The zero-order valence-corrected chi connectivity index (χ0v) is 11.0. The summed E-state index contributed by atoms with van der Waals surface area (Å²) in [5.74, 6) is 1.06. The summed E-state index contributed by atoms with van der Waals surface area (Å²) in [6.07, 6.45) is 5.70. The van der Waals surface area contributed by atoms with Gasteiger partial charge in [0, 0.05) is 12.1 Å². The molecule has 0 aromatic carbocycles. The predicted molar refractivity (Wildman–Crippen MR) is 69.9 cm³/mol. The second-order valence-electron chi connectivity index (χ2n) is 5.33. The van der Waals surface area contributed by atoms with E-state index < -0.39 is 0 Å². The highest BCUT2D eigenvalue weighted by Gasteiger charge is 2.28. The van der Waals surface area contributed by atoms with Gasteiger partial charge in [-0.05, 0) is 45.0 Å². The molecule has 0 radical (unpaired) electrons. The molecule has 2 heterocycles. The van der Waals surface area contributed by atoms with Crippen LogP contribution in [0.4, 0.5) is 0 Å². The molecule has 1 fully saturated rings. The van der Waals surface area contributed by atoms with Gasteiger partial charge in [-0.3, -0.25) is 4.90 Å². The molecule has 0 bridgehead atoms. The van der Waals surface area contributed by atoms with Gasteiger partial charge in [0.2, 0.25) is 0 Å². The van der Waals surface area contributed by atoms with Crippen LogP contribution in [0.25, 0.3) is 0 Å². The molecule has 1 unspecified atom stereocenters. The molecule has 0 saturated carbocycles. The Morgan fingerprint density at radius 1 is 1.47 bits per heavy atom. The number of hydrogen-bond donors (Lipinski definition) is 1. The average Bonchev–Trinajstić information content (AvgIpc) is 2.81. The number of furan rings is 1. The van der Waals surface area contributed by atoms with Crippen LogP contribution >= 0.6 is 0 Å². The summed E-state index contributed by atoms with van der Waals surface area (Å²) < 4.78 is 5.43. The monoisotopic (exact) mass is 236 g/mol. The highest BCUT2D eigenvalue weighted by Crippen LogP contribution is 2.20. The van der Waals surface area contributed by atoms with Crippen molar-refractivity contribution in [1.29, 1.82) is 0 Å². The van der Waals surface area contributed by atoms with Gasteiger partial charge >= 0.3 is 0 Å². The van der Waals surface area contributed by atoms with Crippen molar-refractivity contribution < 1.29 is 4.42 Å². The molecular weight excluding hydrogens is 212 g/mol. The maximum absolute atomic E-state index is 5.43. The fraction of sp³-hybridized carbons (Fsp3) is 0.714. The highest BCUT2D eigenvalue weighted by atomic mass is 16.3. The molecule has 1 aliphatic rings. The van der Waals surface area contributed by atoms with Crippen LogP contribution in [-0.4, -0.2) is 30.1 Å². The van der Waals surface area contributed by atoms with Gasteiger partial charge in [0.05, 0.1) is 12.8 Å². The van der Waals surface area contributed by atoms with Gasteiger partial charge in [-0.25, -0.2) is 0 Å². The molecule has 2 rings (SSSR count). The molecule has 1 aromatic heterocycles.